The molecular formula is C22H17ClF4N2O3S. The lowest BCUT2D eigenvalue weighted by atomic mass is 10.1. The smallest absolute Gasteiger partial charge is 0.325 e. The van der Waals surface area contributed by atoms with Crippen LogP contribution in [0, 0.1) is 5.82 Å². The van der Waals surface area contributed by atoms with Gasteiger partial charge in [0.2, 0.25) is 15.9 Å². The minimum Gasteiger partial charge on any atom is -0.325 e. The number of hydrogen-bond acceptors (Lipinski definition) is 3. The van der Waals surface area contributed by atoms with E-state index < -0.39 is 44.6 Å². The molecule has 0 aromatic heterocycles. The van der Waals surface area contributed by atoms with Crippen LogP contribution in [0.15, 0.2) is 77.7 Å². The van der Waals surface area contributed by atoms with Crippen LogP contribution in [0.2, 0.25) is 5.02 Å². The number of nitrogens with one attached hydrogen (secondary N) is 2. The van der Waals surface area contributed by atoms with Crippen LogP contribution < -0.4 is 10.0 Å². The molecule has 1 amide bonds. The molecule has 0 aliphatic heterocycles. The van der Waals surface area contributed by atoms with Crippen LogP contribution in [-0.4, -0.2) is 20.4 Å². The second-order valence-corrected chi connectivity index (χ2v) is 9.12. The van der Waals surface area contributed by atoms with Crippen LogP contribution in [0.1, 0.15) is 11.1 Å². The first-order valence-electron chi connectivity index (χ1n) is 9.45. The number of alkyl halides is 3. The number of hydrogen-bond donors (Lipinski definition) is 2. The first kappa shape index (κ1) is 24.7. The molecule has 0 unspecified atom stereocenters. The van der Waals surface area contributed by atoms with Crippen LogP contribution >= 0.6 is 11.6 Å². The van der Waals surface area contributed by atoms with Gasteiger partial charge in [-0.05, 0) is 54.4 Å². The van der Waals surface area contributed by atoms with Crippen molar-refractivity contribution < 1.29 is 30.8 Å². The van der Waals surface area contributed by atoms with Crippen molar-refractivity contribution >= 4 is 33.2 Å². The van der Waals surface area contributed by atoms with Gasteiger partial charge in [0.15, 0.2) is 0 Å². The molecule has 0 aliphatic rings. The Morgan fingerprint density at radius 1 is 0.970 bits per heavy atom. The predicted octanol–water partition coefficient (Wildman–Crippen LogP) is 5.03. The molecule has 0 saturated carbocycles. The first-order valence-corrected chi connectivity index (χ1v) is 11.3. The fourth-order valence-corrected chi connectivity index (χ4v) is 4.38. The Bertz CT molecular complexity index is 1230. The third-order valence-electron chi connectivity index (χ3n) is 4.56. The average Bonchev–Trinajstić information content (AvgIpc) is 2.74. The Labute approximate surface area is 192 Å². The second-order valence-electron chi connectivity index (χ2n) is 7.00. The van der Waals surface area contributed by atoms with Gasteiger partial charge in [0.05, 0.1) is 15.5 Å². The molecule has 0 aliphatic carbocycles. The molecule has 174 valence electrons. The van der Waals surface area contributed by atoms with Gasteiger partial charge in [-0.3, -0.25) is 4.79 Å². The summed E-state index contributed by atoms with van der Waals surface area (Å²) in [4.78, 5) is 12.6. The molecule has 3 aromatic carbocycles. The number of halogens is 5. The number of rotatable bonds is 7. The molecule has 33 heavy (non-hydrogen) atoms. The zero-order valence-corrected chi connectivity index (χ0v) is 18.3. The van der Waals surface area contributed by atoms with Crippen LogP contribution in [0.3, 0.4) is 0 Å². The molecular weight excluding hydrogens is 484 g/mol. The molecule has 0 bridgehead atoms. The van der Waals surface area contributed by atoms with Crippen LogP contribution in [0.4, 0.5) is 23.2 Å². The minimum atomic E-state index is -4.74. The molecule has 3 aromatic rings. The Morgan fingerprint density at radius 2 is 1.61 bits per heavy atom. The Kier molecular flexibility index (Phi) is 7.41. The van der Waals surface area contributed by atoms with Gasteiger partial charge in [0.25, 0.3) is 0 Å². The van der Waals surface area contributed by atoms with Gasteiger partial charge in [-0.2, -0.15) is 17.9 Å². The van der Waals surface area contributed by atoms with Crippen molar-refractivity contribution in [3.8, 4) is 0 Å². The highest BCUT2D eigenvalue weighted by atomic mass is 35.5. The summed E-state index contributed by atoms with van der Waals surface area (Å²) in [6.45, 7) is 0. The summed E-state index contributed by atoms with van der Waals surface area (Å²) in [6.07, 6.45) is -4.84. The zero-order chi connectivity index (χ0) is 24.2. The summed E-state index contributed by atoms with van der Waals surface area (Å²) >= 11 is 5.60. The fraction of sp³-hybridized carbons (Fsp3) is 0.136. The molecule has 0 radical (unpaired) electrons. The van der Waals surface area contributed by atoms with Crippen LogP contribution in [-0.2, 0) is 27.4 Å². The van der Waals surface area contributed by atoms with Crippen LogP contribution in [0.25, 0.3) is 0 Å². The predicted molar refractivity (Wildman–Crippen MR) is 116 cm³/mol. The molecule has 0 fully saturated rings. The Balaban J connectivity index is 1.89. The quantitative estimate of drug-likeness (QED) is 0.447. The van der Waals surface area contributed by atoms with E-state index in [9.17, 15) is 30.8 Å². The summed E-state index contributed by atoms with van der Waals surface area (Å²) < 4.78 is 80.3. The van der Waals surface area contributed by atoms with E-state index >= 15 is 0 Å². The van der Waals surface area contributed by atoms with Crippen molar-refractivity contribution in [3.05, 3.63) is 94.8 Å². The molecule has 11 heteroatoms. The third kappa shape index (κ3) is 6.53. The number of carbonyl (C=O) groups excluding carboxylic acids is 1. The third-order valence-corrected chi connectivity index (χ3v) is 6.38. The summed E-state index contributed by atoms with van der Waals surface area (Å²) in [7, 11) is -4.25. The van der Waals surface area contributed by atoms with Crippen molar-refractivity contribution in [1.82, 2.24) is 4.72 Å². The maximum Gasteiger partial charge on any atom is 0.417 e. The van der Waals surface area contributed by atoms with E-state index in [1.54, 1.807) is 30.3 Å². The monoisotopic (exact) mass is 500 g/mol. The molecule has 1 atom stereocenters. The van der Waals surface area contributed by atoms with Crippen molar-refractivity contribution in [2.24, 2.45) is 0 Å². The van der Waals surface area contributed by atoms with Gasteiger partial charge in [-0.1, -0.05) is 41.9 Å². The van der Waals surface area contributed by atoms with Gasteiger partial charge in [-0.15, -0.1) is 0 Å². The average molecular weight is 501 g/mol. The van der Waals surface area contributed by atoms with E-state index in [1.807, 2.05) is 0 Å². The fourth-order valence-electron chi connectivity index (χ4n) is 2.96. The lowest BCUT2D eigenvalue weighted by Crippen LogP contribution is -2.45. The summed E-state index contributed by atoms with van der Waals surface area (Å²) in [5, 5.41) is 1.76. The molecule has 0 heterocycles. The standard InChI is InChI=1S/C22H17ClF4N2O3S/c23-19-11-8-16(13-18(19)22(25,26)27)28-21(30)20(12-14-4-2-1-3-5-14)29-33(31,32)17-9-6-15(24)7-10-17/h1-11,13,20,29H,12H2,(H,28,30)/t20-/m0/s1. The Hall–Kier alpha value is -2.95. The molecule has 0 spiro atoms. The topological polar surface area (TPSA) is 75.3 Å². The van der Waals surface area contributed by atoms with Gasteiger partial charge in [0.1, 0.15) is 11.9 Å². The normalized spacial score (nSPS) is 12.9. The highest BCUT2D eigenvalue weighted by molar-refractivity contribution is 7.89. The number of benzene rings is 3. The van der Waals surface area contributed by atoms with E-state index in [-0.39, 0.29) is 17.0 Å². The largest absolute Gasteiger partial charge is 0.417 e. The summed E-state index contributed by atoms with van der Waals surface area (Å²) in [6, 6.07) is 13.8. The van der Waals surface area contributed by atoms with Gasteiger partial charge >= 0.3 is 6.18 Å². The van der Waals surface area contributed by atoms with Gasteiger partial charge in [0, 0.05) is 5.69 Å². The van der Waals surface area contributed by atoms with Crippen molar-refractivity contribution in [3.63, 3.8) is 0 Å². The van der Waals surface area contributed by atoms with Crippen molar-refractivity contribution in [1.29, 1.82) is 0 Å². The highest BCUT2D eigenvalue weighted by Crippen LogP contribution is 2.36. The van der Waals surface area contributed by atoms with Crippen molar-refractivity contribution in [2.45, 2.75) is 23.5 Å². The molecule has 5 nitrogen and oxygen atoms in total. The minimum absolute atomic E-state index is 0.0905. The summed E-state index contributed by atoms with van der Waals surface area (Å²) in [5.41, 5.74) is -0.754. The number of amides is 1. The Morgan fingerprint density at radius 3 is 2.21 bits per heavy atom. The van der Waals surface area contributed by atoms with Crippen LogP contribution in [0.5, 0.6) is 0 Å². The number of carbonyl (C=O) groups is 1. The summed E-state index contributed by atoms with van der Waals surface area (Å²) in [5.74, 6) is -1.53. The second kappa shape index (κ2) is 9.90. The lowest BCUT2D eigenvalue weighted by molar-refractivity contribution is -0.137. The van der Waals surface area contributed by atoms with Crippen molar-refractivity contribution in [2.75, 3.05) is 5.32 Å². The van der Waals surface area contributed by atoms with E-state index in [0.717, 1.165) is 30.3 Å². The van der Waals surface area contributed by atoms with Gasteiger partial charge < -0.3 is 5.32 Å². The van der Waals surface area contributed by atoms with E-state index in [0.29, 0.717) is 11.6 Å². The molecule has 2 N–H and O–H groups in total. The van der Waals surface area contributed by atoms with E-state index in [4.69, 9.17) is 11.6 Å². The number of anilines is 1. The van der Waals surface area contributed by atoms with Gasteiger partial charge in [-0.25, -0.2) is 12.8 Å². The molecule has 0 saturated heterocycles. The highest BCUT2D eigenvalue weighted by Gasteiger charge is 2.34. The first-order chi connectivity index (χ1) is 15.5. The SMILES string of the molecule is O=C(Nc1ccc(Cl)c(C(F)(F)F)c1)[C@H](Cc1ccccc1)NS(=O)(=O)c1ccc(F)cc1. The number of sulfonamides is 1. The maximum atomic E-state index is 13.2. The zero-order valence-electron chi connectivity index (χ0n) is 16.7. The maximum absolute atomic E-state index is 13.2. The molecule has 3 rings (SSSR count). The van der Waals surface area contributed by atoms with E-state index in [1.165, 1.54) is 6.07 Å². The van der Waals surface area contributed by atoms with E-state index in [2.05, 4.69) is 10.0 Å². The lowest BCUT2D eigenvalue weighted by Gasteiger charge is -2.19.